The Hall–Kier alpha value is -4.27. The largest absolute Gasteiger partial charge is 0.481 e. The first-order chi connectivity index (χ1) is 19.6. The van der Waals surface area contributed by atoms with E-state index >= 15 is 0 Å². The molecule has 2 unspecified atom stereocenters. The lowest BCUT2D eigenvalue weighted by Crippen LogP contribution is -2.22. The standard InChI is InChI=1S/C27H30FNO5.C6H7N/c1-17(2)26-23(16-30)25(18-6-4-3-5-7-18)27(19-8-10-20(28)11-9-19)29(26)13-12-21(31)14-22(32)15-24(33)34;7-6-4-2-1-3-5-6/h3-11,16-17,21-22,31-32H,12-15H2,1-2H3,(H,33,34);1-5H,7H2. The van der Waals surface area contributed by atoms with Crippen molar-refractivity contribution in [2.75, 3.05) is 5.73 Å². The van der Waals surface area contributed by atoms with Gasteiger partial charge < -0.3 is 25.6 Å². The lowest BCUT2D eigenvalue weighted by Gasteiger charge is -2.20. The molecule has 0 fully saturated rings. The number of carboxylic acids is 1. The first-order valence-electron chi connectivity index (χ1n) is 13.5. The number of benzene rings is 3. The Morgan fingerprint density at radius 1 is 0.902 bits per heavy atom. The number of carboxylic acid groups (broad SMARTS) is 1. The highest BCUT2D eigenvalue weighted by molar-refractivity contribution is 5.97. The van der Waals surface area contributed by atoms with Crippen molar-refractivity contribution in [3.8, 4) is 22.4 Å². The Morgan fingerprint density at radius 3 is 1.98 bits per heavy atom. The SMILES string of the molecule is CC(C)c1c(C=O)c(-c2ccccc2)c(-c2ccc(F)cc2)n1CCC(O)CC(O)CC(=O)O.Nc1ccccc1. The number of nitrogen functional groups attached to an aromatic ring is 1. The predicted molar refractivity (Wildman–Crippen MR) is 159 cm³/mol. The number of aliphatic hydroxyl groups is 2. The molecule has 5 N–H and O–H groups in total. The number of halogens is 1. The number of aliphatic hydroxyl groups excluding tert-OH is 2. The molecule has 4 aromatic rings. The average Bonchev–Trinajstić information content (AvgIpc) is 3.27. The number of para-hydroxylation sites is 1. The molecule has 8 heteroatoms. The molecule has 1 aromatic heterocycles. The first-order valence-corrected chi connectivity index (χ1v) is 13.5. The molecule has 0 amide bonds. The summed E-state index contributed by atoms with van der Waals surface area (Å²) in [5.41, 5.74) is 10.6. The highest BCUT2D eigenvalue weighted by Crippen LogP contribution is 2.41. The molecule has 7 nitrogen and oxygen atoms in total. The number of carbonyl (C=O) groups excluding carboxylic acids is 1. The van der Waals surface area contributed by atoms with Crippen LogP contribution in [0.15, 0.2) is 84.9 Å². The molecule has 0 aliphatic heterocycles. The van der Waals surface area contributed by atoms with Crippen molar-refractivity contribution in [1.29, 1.82) is 0 Å². The molecule has 3 aromatic carbocycles. The number of aldehydes is 1. The number of rotatable bonds is 11. The van der Waals surface area contributed by atoms with Gasteiger partial charge >= 0.3 is 5.97 Å². The molecule has 0 aliphatic carbocycles. The van der Waals surface area contributed by atoms with E-state index in [0.717, 1.165) is 40.1 Å². The molecule has 0 saturated carbocycles. The van der Waals surface area contributed by atoms with Gasteiger partial charge in [-0.3, -0.25) is 9.59 Å². The zero-order valence-corrected chi connectivity index (χ0v) is 23.3. The van der Waals surface area contributed by atoms with Crippen LogP contribution in [0.3, 0.4) is 0 Å². The minimum absolute atomic E-state index is 0.0217. The number of anilines is 1. The van der Waals surface area contributed by atoms with E-state index in [1.165, 1.54) is 12.1 Å². The lowest BCUT2D eigenvalue weighted by atomic mass is 9.96. The van der Waals surface area contributed by atoms with Gasteiger partial charge in [-0.1, -0.05) is 62.4 Å². The molecular weight excluding hydrogens is 523 g/mol. The maximum absolute atomic E-state index is 13.7. The fraction of sp³-hybridized carbons (Fsp3) is 0.273. The predicted octanol–water partition coefficient (Wildman–Crippen LogP) is 6.14. The fourth-order valence-electron chi connectivity index (χ4n) is 4.88. The summed E-state index contributed by atoms with van der Waals surface area (Å²) in [7, 11) is 0. The molecular formula is C33H37FN2O5. The third-order valence-electron chi connectivity index (χ3n) is 6.63. The highest BCUT2D eigenvalue weighted by atomic mass is 19.1. The Kier molecular flexibility index (Phi) is 11.4. The van der Waals surface area contributed by atoms with Crippen LogP contribution in [0.25, 0.3) is 22.4 Å². The third-order valence-corrected chi connectivity index (χ3v) is 6.63. The van der Waals surface area contributed by atoms with Crippen LogP contribution in [0.2, 0.25) is 0 Å². The second-order valence-corrected chi connectivity index (χ2v) is 10.2. The van der Waals surface area contributed by atoms with E-state index in [-0.39, 0.29) is 24.6 Å². The quantitative estimate of drug-likeness (QED) is 0.129. The maximum Gasteiger partial charge on any atom is 0.305 e. The summed E-state index contributed by atoms with van der Waals surface area (Å²) in [6.07, 6.45) is -1.50. The molecule has 216 valence electrons. The van der Waals surface area contributed by atoms with Gasteiger partial charge in [0.05, 0.1) is 24.3 Å². The Balaban J connectivity index is 0.000000575. The van der Waals surface area contributed by atoms with Crippen molar-refractivity contribution < 1.29 is 29.3 Å². The van der Waals surface area contributed by atoms with Gasteiger partial charge in [0.25, 0.3) is 0 Å². The fourth-order valence-corrected chi connectivity index (χ4v) is 4.88. The minimum Gasteiger partial charge on any atom is -0.481 e. The summed E-state index contributed by atoms with van der Waals surface area (Å²) in [6, 6.07) is 25.1. The van der Waals surface area contributed by atoms with Crippen molar-refractivity contribution in [2.24, 2.45) is 0 Å². The molecule has 4 rings (SSSR count). The monoisotopic (exact) mass is 560 g/mol. The van der Waals surface area contributed by atoms with E-state index in [0.29, 0.717) is 12.1 Å². The lowest BCUT2D eigenvalue weighted by molar-refractivity contribution is -0.139. The van der Waals surface area contributed by atoms with Crippen LogP contribution in [-0.2, 0) is 11.3 Å². The minimum atomic E-state index is -1.15. The molecule has 1 heterocycles. The zero-order valence-electron chi connectivity index (χ0n) is 23.3. The van der Waals surface area contributed by atoms with Crippen LogP contribution in [0.5, 0.6) is 0 Å². The van der Waals surface area contributed by atoms with E-state index in [9.17, 15) is 24.2 Å². The van der Waals surface area contributed by atoms with E-state index in [4.69, 9.17) is 10.8 Å². The number of aromatic nitrogens is 1. The van der Waals surface area contributed by atoms with Crippen LogP contribution in [0.1, 0.15) is 55.1 Å². The number of nitrogens with zero attached hydrogens (tertiary/aromatic N) is 1. The summed E-state index contributed by atoms with van der Waals surface area (Å²) >= 11 is 0. The molecule has 0 aliphatic rings. The van der Waals surface area contributed by atoms with Crippen molar-refractivity contribution in [2.45, 2.75) is 57.8 Å². The van der Waals surface area contributed by atoms with E-state index < -0.39 is 24.6 Å². The molecule has 0 spiro atoms. The van der Waals surface area contributed by atoms with Gasteiger partial charge in [-0.2, -0.15) is 0 Å². The Labute approximate surface area is 239 Å². The van der Waals surface area contributed by atoms with Crippen LogP contribution in [-0.4, -0.2) is 44.4 Å². The summed E-state index contributed by atoms with van der Waals surface area (Å²) in [4.78, 5) is 23.2. The van der Waals surface area contributed by atoms with E-state index in [1.54, 1.807) is 12.1 Å². The van der Waals surface area contributed by atoms with Gasteiger partial charge in [0.15, 0.2) is 6.29 Å². The highest BCUT2D eigenvalue weighted by Gasteiger charge is 2.27. The van der Waals surface area contributed by atoms with Crippen LogP contribution in [0.4, 0.5) is 10.1 Å². The second kappa shape index (κ2) is 14.9. The zero-order chi connectivity index (χ0) is 29.9. The van der Waals surface area contributed by atoms with Crippen molar-refractivity contribution in [3.05, 3.63) is 102 Å². The summed E-state index contributed by atoms with van der Waals surface area (Å²) in [5, 5.41) is 29.2. The van der Waals surface area contributed by atoms with Crippen molar-refractivity contribution in [3.63, 3.8) is 0 Å². The Bertz CT molecular complexity index is 1400. The molecule has 0 bridgehead atoms. The van der Waals surface area contributed by atoms with Gasteiger partial charge in [-0.25, -0.2) is 4.39 Å². The van der Waals surface area contributed by atoms with Gasteiger partial charge in [0.1, 0.15) is 5.82 Å². The van der Waals surface area contributed by atoms with Crippen LogP contribution >= 0.6 is 0 Å². The summed E-state index contributed by atoms with van der Waals surface area (Å²) in [6.45, 7) is 4.29. The van der Waals surface area contributed by atoms with Crippen LogP contribution in [0, 0.1) is 5.82 Å². The summed E-state index contributed by atoms with van der Waals surface area (Å²) < 4.78 is 15.7. The Morgan fingerprint density at radius 2 is 1.49 bits per heavy atom. The van der Waals surface area contributed by atoms with Gasteiger partial charge in [-0.05, 0) is 66.3 Å². The second-order valence-electron chi connectivity index (χ2n) is 10.2. The summed E-state index contributed by atoms with van der Waals surface area (Å²) in [5.74, 6) is -1.52. The van der Waals surface area contributed by atoms with Crippen molar-refractivity contribution >= 4 is 17.9 Å². The molecule has 2 atom stereocenters. The number of hydrogen-bond donors (Lipinski definition) is 4. The molecule has 41 heavy (non-hydrogen) atoms. The molecule has 0 saturated heterocycles. The topological polar surface area (TPSA) is 126 Å². The number of nitrogens with two attached hydrogens (primary N) is 1. The third kappa shape index (κ3) is 8.61. The number of hydrogen-bond acceptors (Lipinski definition) is 5. The normalized spacial score (nSPS) is 12.3. The van der Waals surface area contributed by atoms with Crippen LogP contribution < -0.4 is 5.73 Å². The van der Waals surface area contributed by atoms with Crippen molar-refractivity contribution in [1.82, 2.24) is 4.57 Å². The number of carbonyl (C=O) groups is 2. The molecule has 0 radical (unpaired) electrons. The number of aliphatic carboxylic acids is 1. The van der Waals surface area contributed by atoms with Gasteiger partial charge in [0.2, 0.25) is 0 Å². The van der Waals surface area contributed by atoms with E-state index in [1.807, 2.05) is 79.1 Å². The smallest absolute Gasteiger partial charge is 0.305 e. The van der Waals surface area contributed by atoms with Gasteiger partial charge in [0, 0.05) is 29.1 Å². The first kappa shape index (κ1) is 31.3. The van der Waals surface area contributed by atoms with E-state index in [2.05, 4.69) is 0 Å². The van der Waals surface area contributed by atoms with Gasteiger partial charge in [-0.15, -0.1) is 0 Å². The maximum atomic E-state index is 13.7. The average molecular weight is 561 g/mol.